The number of carbonyl (C=O) groups is 1. The van der Waals surface area contributed by atoms with Gasteiger partial charge in [-0.1, -0.05) is 53.5 Å². The molecule has 2 aromatic carbocycles. The summed E-state index contributed by atoms with van der Waals surface area (Å²) in [6.07, 6.45) is 5.68. The van der Waals surface area contributed by atoms with Crippen molar-refractivity contribution in [1.82, 2.24) is 10.2 Å². The molecule has 0 radical (unpaired) electrons. The number of benzene rings is 2. The topological polar surface area (TPSA) is 32.3 Å². The number of amides is 1. The zero-order valence-corrected chi connectivity index (χ0v) is 17.5. The molecule has 1 N–H and O–H groups in total. The molecule has 1 aliphatic heterocycles. The molecule has 2 aromatic rings. The van der Waals surface area contributed by atoms with Crippen molar-refractivity contribution in [3.63, 3.8) is 0 Å². The zero-order valence-electron chi connectivity index (χ0n) is 16.0. The number of nitrogens with zero attached hydrogens (tertiary/aromatic N) is 1. The quantitative estimate of drug-likeness (QED) is 0.724. The van der Waals surface area contributed by atoms with Crippen molar-refractivity contribution in [3.05, 3.63) is 69.7 Å². The highest BCUT2D eigenvalue weighted by molar-refractivity contribution is 6.35. The average molecular weight is 417 g/mol. The van der Waals surface area contributed by atoms with Crippen molar-refractivity contribution in [1.29, 1.82) is 0 Å². The Balaban J connectivity index is 1.30. The number of likely N-dealkylation sites (tertiary alicyclic amines) is 1. The van der Waals surface area contributed by atoms with Gasteiger partial charge in [-0.2, -0.15) is 0 Å². The summed E-state index contributed by atoms with van der Waals surface area (Å²) in [6, 6.07) is 15.9. The fourth-order valence-electron chi connectivity index (χ4n) is 4.60. The van der Waals surface area contributed by atoms with E-state index in [2.05, 4.69) is 40.5 Å². The van der Waals surface area contributed by atoms with Gasteiger partial charge in [0.2, 0.25) is 0 Å². The van der Waals surface area contributed by atoms with Gasteiger partial charge in [-0.05, 0) is 74.4 Å². The second-order valence-corrected chi connectivity index (χ2v) is 9.04. The summed E-state index contributed by atoms with van der Waals surface area (Å²) >= 11 is 12.1. The molecule has 1 atom stereocenters. The van der Waals surface area contributed by atoms with Crippen molar-refractivity contribution in [3.8, 4) is 0 Å². The van der Waals surface area contributed by atoms with Crippen molar-refractivity contribution < 1.29 is 4.79 Å². The van der Waals surface area contributed by atoms with Crippen LogP contribution in [0.5, 0.6) is 0 Å². The monoisotopic (exact) mass is 416 g/mol. The molecule has 28 heavy (non-hydrogen) atoms. The predicted molar refractivity (Wildman–Crippen MR) is 115 cm³/mol. The number of hydrogen-bond acceptors (Lipinski definition) is 2. The highest BCUT2D eigenvalue weighted by Gasteiger charge is 2.48. The van der Waals surface area contributed by atoms with Crippen LogP contribution in [-0.4, -0.2) is 36.5 Å². The summed E-state index contributed by atoms with van der Waals surface area (Å²) in [5, 5.41) is 4.23. The van der Waals surface area contributed by atoms with Crippen molar-refractivity contribution in [2.24, 2.45) is 5.41 Å². The maximum atomic E-state index is 12.7. The fraction of sp³-hybridized carbons (Fsp3) is 0.435. The molecule has 148 valence electrons. The molecule has 0 bridgehead atoms. The molecule has 5 heteroatoms. The minimum absolute atomic E-state index is 0.0695. The summed E-state index contributed by atoms with van der Waals surface area (Å²) in [5.41, 5.74) is 2.21. The number of nitrogens with one attached hydrogen (secondary N) is 1. The van der Waals surface area contributed by atoms with E-state index in [-0.39, 0.29) is 17.4 Å². The summed E-state index contributed by atoms with van der Waals surface area (Å²) < 4.78 is 0. The maximum absolute atomic E-state index is 12.7. The first kappa shape index (κ1) is 19.8. The molecule has 1 heterocycles. The van der Waals surface area contributed by atoms with Crippen LogP contribution in [0.4, 0.5) is 0 Å². The summed E-state index contributed by atoms with van der Waals surface area (Å²) in [5.74, 6) is -0.0695. The lowest BCUT2D eigenvalue weighted by Gasteiger charge is -2.54. The van der Waals surface area contributed by atoms with Crippen molar-refractivity contribution >= 4 is 29.1 Å². The van der Waals surface area contributed by atoms with Gasteiger partial charge in [-0.25, -0.2) is 0 Å². The highest BCUT2D eigenvalue weighted by atomic mass is 35.5. The SMILES string of the molecule is O=C(NC1CCC12CCN(CCc1ccccc1)CC2)c1cc(Cl)cc(Cl)c1. The molecule has 3 nitrogen and oxygen atoms in total. The molecule has 1 saturated carbocycles. The Bertz CT molecular complexity index is 812. The first-order valence-electron chi connectivity index (χ1n) is 10.1. The van der Waals surface area contributed by atoms with Gasteiger partial charge >= 0.3 is 0 Å². The summed E-state index contributed by atoms with van der Waals surface area (Å²) in [7, 11) is 0. The van der Waals surface area contributed by atoms with E-state index in [4.69, 9.17) is 23.2 Å². The van der Waals surface area contributed by atoms with Gasteiger partial charge in [0.05, 0.1) is 0 Å². The molecule has 1 amide bonds. The number of hydrogen-bond donors (Lipinski definition) is 1. The molecule has 1 aliphatic carbocycles. The molecule has 1 saturated heterocycles. The Morgan fingerprint density at radius 3 is 2.32 bits per heavy atom. The van der Waals surface area contributed by atoms with Gasteiger partial charge in [0.15, 0.2) is 0 Å². The summed E-state index contributed by atoms with van der Waals surface area (Å²) in [6.45, 7) is 3.34. The van der Waals surface area contributed by atoms with E-state index in [1.54, 1.807) is 18.2 Å². The van der Waals surface area contributed by atoms with Crippen LogP contribution in [0.1, 0.15) is 41.6 Å². The standard InChI is InChI=1S/C23H26Cl2N2O/c24-19-14-18(15-20(25)16-19)22(28)26-21-6-8-23(21)9-12-27(13-10-23)11-7-17-4-2-1-3-5-17/h1-5,14-16,21H,6-13H2,(H,26,28). The van der Waals surface area contributed by atoms with Gasteiger partial charge in [0, 0.05) is 28.2 Å². The van der Waals surface area contributed by atoms with Crippen LogP contribution in [0.15, 0.2) is 48.5 Å². The first-order chi connectivity index (χ1) is 13.5. The number of halogens is 2. The molecular formula is C23H26Cl2N2O. The first-order valence-corrected chi connectivity index (χ1v) is 10.8. The van der Waals surface area contributed by atoms with E-state index in [0.717, 1.165) is 45.3 Å². The van der Waals surface area contributed by atoms with E-state index < -0.39 is 0 Å². The predicted octanol–water partition coefficient (Wildman–Crippen LogP) is 5.21. The fourth-order valence-corrected chi connectivity index (χ4v) is 5.13. The number of carbonyl (C=O) groups excluding carboxylic acids is 1. The Labute approximate surface area is 177 Å². The molecular weight excluding hydrogens is 391 g/mol. The molecule has 2 fully saturated rings. The van der Waals surface area contributed by atoms with E-state index in [9.17, 15) is 4.79 Å². The normalized spacial score (nSPS) is 21.3. The number of piperidine rings is 1. The Morgan fingerprint density at radius 2 is 1.71 bits per heavy atom. The van der Waals surface area contributed by atoms with Crippen molar-refractivity contribution in [2.45, 2.75) is 38.1 Å². The molecule has 4 rings (SSSR count). The second-order valence-electron chi connectivity index (χ2n) is 8.16. The van der Waals surface area contributed by atoms with Gasteiger partial charge in [-0.3, -0.25) is 4.79 Å². The lowest BCUT2D eigenvalue weighted by Crippen LogP contribution is -2.59. The lowest BCUT2D eigenvalue weighted by molar-refractivity contribution is -0.00472. The summed E-state index contributed by atoms with van der Waals surface area (Å²) in [4.78, 5) is 15.2. The van der Waals surface area contributed by atoms with Gasteiger partial charge < -0.3 is 10.2 Å². The Kier molecular flexibility index (Phi) is 5.96. The molecule has 1 unspecified atom stereocenters. The van der Waals surface area contributed by atoms with Gasteiger partial charge in [-0.15, -0.1) is 0 Å². The van der Waals surface area contributed by atoms with E-state index >= 15 is 0 Å². The van der Waals surface area contributed by atoms with Crippen molar-refractivity contribution in [2.75, 3.05) is 19.6 Å². The molecule has 0 aromatic heterocycles. The Morgan fingerprint density at radius 1 is 1.04 bits per heavy atom. The largest absolute Gasteiger partial charge is 0.349 e. The number of rotatable bonds is 5. The van der Waals surface area contributed by atoms with E-state index in [1.165, 1.54) is 12.0 Å². The third-order valence-corrected chi connectivity index (χ3v) is 6.95. The average Bonchev–Trinajstić information content (AvgIpc) is 2.70. The van der Waals surface area contributed by atoms with Crippen LogP contribution in [0, 0.1) is 5.41 Å². The molecule has 2 aliphatic rings. The zero-order chi connectivity index (χ0) is 19.6. The second kappa shape index (κ2) is 8.44. The molecule has 1 spiro atoms. The maximum Gasteiger partial charge on any atom is 0.251 e. The third-order valence-electron chi connectivity index (χ3n) is 6.51. The van der Waals surface area contributed by atoms with E-state index in [1.807, 2.05) is 0 Å². The third kappa shape index (κ3) is 4.37. The highest BCUT2D eigenvalue weighted by Crippen LogP contribution is 2.49. The Hall–Kier alpha value is -1.55. The van der Waals surface area contributed by atoms with Crippen LogP contribution in [0.2, 0.25) is 10.0 Å². The minimum Gasteiger partial charge on any atom is -0.349 e. The van der Waals surface area contributed by atoms with Crippen LogP contribution >= 0.6 is 23.2 Å². The van der Waals surface area contributed by atoms with Gasteiger partial charge in [0.1, 0.15) is 0 Å². The smallest absolute Gasteiger partial charge is 0.251 e. The van der Waals surface area contributed by atoms with E-state index in [0.29, 0.717) is 15.6 Å². The van der Waals surface area contributed by atoms with Crippen LogP contribution < -0.4 is 5.32 Å². The van der Waals surface area contributed by atoms with Crippen LogP contribution in [0.3, 0.4) is 0 Å². The van der Waals surface area contributed by atoms with Gasteiger partial charge in [0.25, 0.3) is 5.91 Å². The van der Waals surface area contributed by atoms with Crippen LogP contribution in [0.25, 0.3) is 0 Å². The van der Waals surface area contributed by atoms with Crippen LogP contribution in [-0.2, 0) is 6.42 Å². The lowest BCUT2D eigenvalue weighted by atomic mass is 9.59. The minimum atomic E-state index is -0.0695.